The van der Waals surface area contributed by atoms with Crippen molar-refractivity contribution in [3.8, 4) is 5.75 Å². The summed E-state index contributed by atoms with van der Waals surface area (Å²) in [6.45, 7) is 7.93. The van der Waals surface area contributed by atoms with E-state index in [9.17, 15) is 24.3 Å². The monoisotopic (exact) mass is 450 g/mol. The van der Waals surface area contributed by atoms with Gasteiger partial charge in [0.15, 0.2) is 0 Å². The third kappa shape index (κ3) is 2.87. The Balaban J connectivity index is 1.67. The Hall–Kier alpha value is -2.96. The van der Waals surface area contributed by atoms with Crippen LogP contribution in [0.4, 0.5) is 0 Å². The summed E-state index contributed by atoms with van der Waals surface area (Å²) in [5.74, 6) is -2.86. The lowest BCUT2D eigenvalue weighted by Crippen LogP contribution is -2.43. The maximum atomic E-state index is 13.4. The van der Waals surface area contributed by atoms with Crippen LogP contribution in [0.15, 0.2) is 23.8 Å². The number of hydrogen-bond acceptors (Lipinski definition) is 5. The maximum absolute atomic E-state index is 13.4. The van der Waals surface area contributed by atoms with Gasteiger partial charge in [-0.3, -0.25) is 29.0 Å². The molecule has 0 aromatic heterocycles. The van der Waals surface area contributed by atoms with Crippen molar-refractivity contribution in [1.82, 2.24) is 9.80 Å². The van der Waals surface area contributed by atoms with Crippen LogP contribution in [0.5, 0.6) is 5.75 Å². The quantitative estimate of drug-likeness (QED) is 0.564. The van der Waals surface area contributed by atoms with E-state index in [0.717, 1.165) is 11.1 Å². The van der Waals surface area contributed by atoms with E-state index < -0.39 is 17.8 Å². The lowest BCUT2D eigenvalue weighted by Gasteiger charge is -2.44. The molecule has 4 aliphatic rings. The van der Waals surface area contributed by atoms with Crippen LogP contribution in [0.25, 0.3) is 0 Å². The SMILES string of the molecule is CCN1C(=O)[C@H]2[C@H](CC=C3[C@H]2C[C@H]2C(=O)N(CC)C(=O)[C@H]2[C@H]3c2cc(C)c(O)c(C)c2)C1=O. The summed E-state index contributed by atoms with van der Waals surface area (Å²) in [4.78, 5) is 55.5. The lowest BCUT2D eigenvalue weighted by atomic mass is 9.57. The number of benzene rings is 1. The van der Waals surface area contributed by atoms with Gasteiger partial charge in [0.05, 0.1) is 23.7 Å². The first-order chi connectivity index (χ1) is 15.7. The van der Waals surface area contributed by atoms with Gasteiger partial charge in [-0.05, 0) is 63.1 Å². The molecule has 1 aromatic carbocycles. The van der Waals surface area contributed by atoms with Crippen molar-refractivity contribution in [3.05, 3.63) is 40.5 Å². The third-order valence-corrected chi connectivity index (χ3v) is 8.34. The second-order valence-corrected chi connectivity index (χ2v) is 9.87. The first kappa shape index (κ1) is 21.9. The average Bonchev–Trinajstić information content (AvgIpc) is 3.18. The highest BCUT2D eigenvalue weighted by Gasteiger charge is 2.61. The Kier molecular flexibility index (Phi) is 4.99. The second-order valence-electron chi connectivity index (χ2n) is 9.87. The largest absolute Gasteiger partial charge is 0.507 e. The minimum absolute atomic E-state index is 0.123. The number of imide groups is 2. The fourth-order valence-electron chi connectivity index (χ4n) is 6.89. The van der Waals surface area contributed by atoms with Crippen LogP contribution >= 0.6 is 0 Å². The van der Waals surface area contributed by atoms with E-state index in [0.29, 0.717) is 37.1 Å². The molecule has 1 saturated carbocycles. The van der Waals surface area contributed by atoms with E-state index in [4.69, 9.17) is 0 Å². The molecule has 2 aliphatic carbocycles. The van der Waals surface area contributed by atoms with Gasteiger partial charge in [0.2, 0.25) is 23.6 Å². The first-order valence-electron chi connectivity index (χ1n) is 11.9. The topological polar surface area (TPSA) is 95.0 Å². The molecule has 0 radical (unpaired) electrons. The summed E-state index contributed by atoms with van der Waals surface area (Å²) in [5, 5.41) is 10.3. The Bertz CT molecular complexity index is 1100. The molecule has 0 bridgehead atoms. The van der Waals surface area contributed by atoms with Gasteiger partial charge >= 0.3 is 0 Å². The Labute approximate surface area is 193 Å². The van der Waals surface area contributed by atoms with Crippen LogP contribution in [0.3, 0.4) is 0 Å². The number of likely N-dealkylation sites (tertiary alicyclic amines) is 2. The van der Waals surface area contributed by atoms with Crippen LogP contribution < -0.4 is 0 Å². The minimum Gasteiger partial charge on any atom is -0.507 e. The number of hydrogen-bond donors (Lipinski definition) is 1. The molecule has 7 nitrogen and oxygen atoms in total. The van der Waals surface area contributed by atoms with Gasteiger partial charge in [-0.1, -0.05) is 23.8 Å². The van der Waals surface area contributed by atoms with E-state index in [2.05, 4.69) is 6.08 Å². The molecule has 2 heterocycles. The molecule has 2 aliphatic heterocycles. The number of carbonyl (C=O) groups excluding carboxylic acids is 4. The van der Waals surface area contributed by atoms with E-state index in [1.54, 1.807) is 6.92 Å². The number of allylic oxidation sites excluding steroid dienone is 2. The average molecular weight is 451 g/mol. The fourth-order valence-corrected chi connectivity index (χ4v) is 6.89. The number of fused-ring (bicyclic) bond motifs is 4. The van der Waals surface area contributed by atoms with Gasteiger partial charge in [0.25, 0.3) is 0 Å². The number of aromatic hydroxyl groups is 1. The normalized spacial score (nSPS) is 33.3. The van der Waals surface area contributed by atoms with Gasteiger partial charge < -0.3 is 5.11 Å². The van der Waals surface area contributed by atoms with Crippen molar-refractivity contribution in [3.63, 3.8) is 0 Å². The molecule has 7 heteroatoms. The van der Waals surface area contributed by atoms with E-state index in [1.165, 1.54) is 9.80 Å². The number of nitrogens with zero attached hydrogens (tertiary/aromatic N) is 2. The standard InChI is InChI=1S/C26H30N2O5/c1-5-27-23(30)16-8-7-15-17(20(16)25(27)32)11-18-21(26(33)28(6-2)24(18)31)19(15)14-9-12(3)22(29)13(4)10-14/h7,9-10,16-21,29H,5-6,8,11H2,1-4H3/t16-,17+,18+,19-,20-,21+/m0/s1. The van der Waals surface area contributed by atoms with Gasteiger partial charge in [-0.15, -0.1) is 0 Å². The molecule has 1 N–H and O–H groups in total. The number of carbonyl (C=O) groups is 4. The fraction of sp³-hybridized carbons (Fsp3) is 0.538. The van der Waals surface area contributed by atoms with Crippen LogP contribution in [0.1, 0.15) is 49.3 Å². The Morgan fingerprint density at radius 3 is 1.94 bits per heavy atom. The maximum Gasteiger partial charge on any atom is 0.234 e. The number of aryl methyl sites for hydroxylation is 2. The molecule has 1 aromatic rings. The highest BCUT2D eigenvalue weighted by molar-refractivity contribution is 6.07. The van der Waals surface area contributed by atoms with Crippen molar-refractivity contribution in [1.29, 1.82) is 0 Å². The van der Waals surface area contributed by atoms with E-state index in [1.807, 2.05) is 32.9 Å². The summed E-state index contributed by atoms with van der Waals surface area (Å²) >= 11 is 0. The van der Waals surface area contributed by atoms with Crippen molar-refractivity contribution in [2.24, 2.45) is 29.6 Å². The lowest BCUT2D eigenvalue weighted by molar-refractivity contribution is -0.141. The van der Waals surface area contributed by atoms with Gasteiger partial charge in [-0.2, -0.15) is 0 Å². The molecule has 5 rings (SSSR count). The van der Waals surface area contributed by atoms with Crippen LogP contribution in [0.2, 0.25) is 0 Å². The van der Waals surface area contributed by atoms with Crippen LogP contribution in [0, 0.1) is 43.4 Å². The van der Waals surface area contributed by atoms with Gasteiger partial charge in [0.1, 0.15) is 5.75 Å². The molecule has 3 fully saturated rings. The molecule has 6 atom stereocenters. The zero-order valence-corrected chi connectivity index (χ0v) is 19.5. The van der Waals surface area contributed by atoms with Crippen LogP contribution in [-0.4, -0.2) is 51.6 Å². The van der Waals surface area contributed by atoms with E-state index in [-0.39, 0.29) is 47.1 Å². The molecule has 33 heavy (non-hydrogen) atoms. The summed E-state index contributed by atoms with van der Waals surface area (Å²) in [6, 6.07) is 3.79. The van der Waals surface area contributed by atoms with Crippen LogP contribution in [-0.2, 0) is 19.2 Å². The Morgan fingerprint density at radius 2 is 1.36 bits per heavy atom. The summed E-state index contributed by atoms with van der Waals surface area (Å²) < 4.78 is 0. The van der Waals surface area contributed by atoms with Crippen molar-refractivity contribution in [2.75, 3.05) is 13.1 Å². The zero-order valence-electron chi connectivity index (χ0n) is 19.5. The predicted octanol–water partition coefficient (Wildman–Crippen LogP) is 2.68. The molecule has 174 valence electrons. The number of phenolic OH excluding ortho intramolecular Hbond substituents is 1. The van der Waals surface area contributed by atoms with Crippen molar-refractivity contribution >= 4 is 23.6 Å². The highest BCUT2D eigenvalue weighted by Crippen LogP contribution is 2.58. The zero-order chi connectivity index (χ0) is 23.8. The smallest absolute Gasteiger partial charge is 0.234 e. The number of rotatable bonds is 3. The molecule has 0 spiro atoms. The predicted molar refractivity (Wildman–Crippen MR) is 120 cm³/mol. The van der Waals surface area contributed by atoms with E-state index >= 15 is 0 Å². The van der Waals surface area contributed by atoms with Gasteiger partial charge in [0, 0.05) is 19.0 Å². The molecular formula is C26H30N2O5. The van der Waals surface area contributed by atoms with Crippen molar-refractivity contribution < 1.29 is 24.3 Å². The molecular weight excluding hydrogens is 420 g/mol. The highest BCUT2D eigenvalue weighted by atomic mass is 16.3. The second kappa shape index (κ2) is 7.54. The van der Waals surface area contributed by atoms with Crippen molar-refractivity contribution in [2.45, 2.75) is 46.5 Å². The molecule has 4 amide bonds. The van der Waals surface area contributed by atoms with Gasteiger partial charge in [-0.25, -0.2) is 0 Å². The minimum atomic E-state index is -0.519. The molecule has 2 saturated heterocycles. The summed E-state index contributed by atoms with van der Waals surface area (Å²) in [6.07, 6.45) is 2.95. The molecule has 0 unspecified atom stereocenters. The third-order valence-electron chi connectivity index (χ3n) is 8.34. The number of phenols is 1. The summed E-state index contributed by atoms with van der Waals surface area (Å²) in [7, 11) is 0. The first-order valence-corrected chi connectivity index (χ1v) is 11.9. The Morgan fingerprint density at radius 1 is 0.818 bits per heavy atom. The number of amides is 4. The summed E-state index contributed by atoms with van der Waals surface area (Å²) in [5.41, 5.74) is 3.31.